The number of hydrogen-bond donors (Lipinski definition) is 3. The molecule has 4 N–H and O–H groups in total. The third-order valence-electron chi connectivity index (χ3n) is 5.39. The second kappa shape index (κ2) is 13.1. The van der Waals surface area contributed by atoms with Crippen LogP contribution in [0.3, 0.4) is 0 Å². The quantitative estimate of drug-likeness (QED) is 0.212. The summed E-state index contributed by atoms with van der Waals surface area (Å²) in [6, 6.07) is 16.6. The van der Waals surface area contributed by atoms with Crippen molar-refractivity contribution in [1.29, 1.82) is 0 Å². The molecule has 0 bridgehead atoms. The smallest absolute Gasteiger partial charge is 1.00 e. The van der Waals surface area contributed by atoms with E-state index in [1.807, 2.05) is 12.1 Å². The van der Waals surface area contributed by atoms with Crippen LogP contribution in [-0.4, -0.2) is 23.4 Å². The monoisotopic (exact) mass is 547 g/mol. The van der Waals surface area contributed by atoms with Crippen molar-refractivity contribution in [2.75, 3.05) is 11.3 Å². The summed E-state index contributed by atoms with van der Waals surface area (Å²) in [5.41, 5.74) is 3.23. The van der Waals surface area contributed by atoms with Crippen molar-refractivity contribution in [2.45, 2.75) is 29.8 Å². The van der Waals surface area contributed by atoms with E-state index in [0.717, 1.165) is 11.1 Å². The molecule has 12 heteroatoms. The summed E-state index contributed by atoms with van der Waals surface area (Å²) in [5.74, 6) is 0.376. The van der Waals surface area contributed by atoms with Crippen LogP contribution in [0.1, 0.15) is 32.0 Å². The maximum atomic E-state index is 13.3. The number of fused-ring (bicyclic) bond motifs is 1. The van der Waals surface area contributed by atoms with Crippen molar-refractivity contribution >= 4 is 37.9 Å². The van der Waals surface area contributed by atoms with Gasteiger partial charge in [0.15, 0.2) is 0 Å². The predicted molar refractivity (Wildman–Crippen MR) is 134 cm³/mol. The molecule has 0 aliphatic carbocycles. The molecule has 0 saturated heterocycles. The first kappa shape index (κ1) is 31.0. The Morgan fingerprint density at radius 3 is 2.33 bits per heavy atom. The number of nitrogens with one attached hydrogen (secondary N) is 2. The van der Waals surface area contributed by atoms with Crippen LogP contribution in [-0.2, 0) is 33.1 Å². The Morgan fingerprint density at radius 2 is 1.64 bits per heavy atom. The molecule has 0 saturated carbocycles. The number of primary sulfonamides is 1. The van der Waals surface area contributed by atoms with Crippen LogP contribution in [0.25, 0.3) is 12.2 Å². The molecule has 8 nitrogen and oxygen atoms in total. The zero-order chi connectivity index (χ0) is 24.3. The minimum Gasteiger partial charge on any atom is -1.00 e. The van der Waals surface area contributed by atoms with Gasteiger partial charge in [0.05, 0.1) is 22.1 Å². The average Bonchev–Trinajstić information content (AvgIpc) is 3.28. The summed E-state index contributed by atoms with van der Waals surface area (Å²) >= 11 is 0. The van der Waals surface area contributed by atoms with Crippen molar-refractivity contribution in [2.24, 2.45) is 5.14 Å². The largest absolute Gasteiger partial charge is 1.00 e. The number of benzene rings is 3. The van der Waals surface area contributed by atoms with E-state index in [9.17, 15) is 16.8 Å². The van der Waals surface area contributed by atoms with Gasteiger partial charge in [0.25, 0.3) is 10.0 Å². The number of nitrogens with two attached hydrogens (primary N) is 1. The second-order valence-electron chi connectivity index (χ2n) is 7.70. The molecule has 1 aliphatic heterocycles. The third kappa shape index (κ3) is 7.22. The van der Waals surface area contributed by atoms with E-state index < -0.39 is 20.0 Å². The summed E-state index contributed by atoms with van der Waals surface area (Å²) in [6.45, 7) is 3.44. The summed E-state index contributed by atoms with van der Waals surface area (Å²) in [4.78, 5) is -0.0431. The molecule has 3 aromatic carbocycles. The summed E-state index contributed by atoms with van der Waals surface area (Å²) in [6.07, 6.45) is 3.07. The molecule has 1 heterocycles. The van der Waals surface area contributed by atoms with Gasteiger partial charge >= 0.3 is 59.1 Å². The molecule has 0 spiro atoms. The first-order valence-electron chi connectivity index (χ1n) is 10.6. The SMILES string of the molecule is CCOc1ccc(C=Cc2ccccc2S(=O)(=O)Nc2cccc3c2CNC3)c(S(N)(=O)=O)c1.[H-].[H-].[Na+].[Na+]. The van der Waals surface area contributed by atoms with Gasteiger partial charge in [-0.25, -0.2) is 22.0 Å². The standard InChI is InChI=1S/C24H25N3O5S2.2Na.2H/c1-2-32-20-13-12-18(24(14-20)33(25,28)29)11-10-17-6-3-4-9-23(17)34(30,31)27-22-8-5-7-19-15-26-16-21(19)22;;;;/h3-14,26-27H,2,15-16H2,1H3,(H2,25,28,29);;;;/q;2*+1;2*-1. The fourth-order valence-corrected chi connectivity index (χ4v) is 5.86. The Balaban J connectivity index is 0.00000342. The zero-order valence-electron chi connectivity index (χ0n) is 22.5. The molecule has 36 heavy (non-hydrogen) atoms. The molecule has 0 amide bonds. The molecule has 0 unspecified atom stereocenters. The number of rotatable bonds is 8. The van der Waals surface area contributed by atoms with Crippen LogP contribution < -0.4 is 79.0 Å². The minimum atomic E-state index is -4.03. The Bertz CT molecular complexity index is 1490. The second-order valence-corrected chi connectivity index (χ2v) is 10.9. The summed E-state index contributed by atoms with van der Waals surface area (Å²) in [5, 5.41) is 8.61. The van der Waals surface area contributed by atoms with E-state index in [1.165, 1.54) is 18.2 Å². The summed E-state index contributed by atoms with van der Waals surface area (Å²) in [7, 11) is -7.95. The van der Waals surface area contributed by atoms with Crippen molar-refractivity contribution in [3.05, 3.63) is 82.9 Å². The van der Waals surface area contributed by atoms with E-state index in [0.29, 0.717) is 42.3 Å². The molecule has 1 aliphatic rings. The van der Waals surface area contributed by atoms with Crippen LogP contribution in [0.15, 0.2) is 70.5 Å². The van der Waals surface area contributed by atoms with Gasteiger partial charge in [0.1, 0.15) is 5.75 Å². The number of sulfonamides is 2. The maximum absolute atomic E-state index is 13.3. The van der Waals surface area contributed by atoms with E-state index in [2.05, 4.69) is 10.0 Å². The summed E-state index contributed by atoms with van der Waals surface area (Å²) < 4.78 is 58.9. The zero-order valence-corrected chi connectivity index (χ0v) is 26.1. The fourth-order valence-electron chi connectivity index (χ4n) is 3.82. The molecule has 0 fully saturated rings. The van der Waals surface area contributed by atoms with Gasteiger partial charge in [0, 0.05) is 19.2 Å². The van der Waals surface area contributed by atoms with Crippen LogP contribution >= 0.6 is 0 Å². The van der Waals surface area contributed by atoms with Crippen LogP contribution in [0.2, 0.25) is 0 Å². The molecular formula is C24H27N3Na2O5S2. The Hall–Kier alpha value is -1.18. The van der Waals surface area contributed by atoms with Gasteiger partial charge in [-0.3, -0.25) is 4.72 Å². The number of anilines is 1. The first-order chi connectivity index (χ1) is 16.2. The fraction of sp³-hybridized carbons (Fsp3) is 0.167. The molecule has 0 radical (unpaired) electrons. The van der Waals surface area contributed by atoms with Gasteiger partial charge < -0.3 is 12.9 Å². The molecular weight excluding hydrogens is 520 g/mol. The average molecular weight is 548 g/mol. The number of hydrogen-bond acceptors (Lipinski definition) is 6. The van der Waals surface area contributed by atoms with E-state index in [4.69, 9.17) is 9.88 Å². The third-order valence-corrected chi connectivity index (χ3v) is 7.79. The van der Waals surface area contributed by atoms with Crippen molar-refractivity contribution in [3.63, 3.8) is 0 Å². The van der Waals surface area contributed by atoms with Crippen LogP contribution in [0.5, 0.6) is 5.75 Å². The predicted octanol–water partition coefficient (Wildman–Crippen LogP) is -2.46. The molecule has 0 aromatic heterocycles. The van der Waals surface area contributed by atoms with Crippen molar-refractivity contribution < 1.29 is 83.5 Å². The van der Waals surface area contributed by atoms with Gasteiger partial charge in [-0.1, -0.05) is 42.5 Å². The first-order valence-corrected chi connectivity index (χ1v) is 13.6. The number of ether oxygens (including phenoxy) is 1. The van der Waals surface area contributed by atoms with Crippen LogP contribution in [0, 0.1) is 0 Å². The Labute approximate surface area is 259 Å². The van der Waals surface area contributed by atoms with Crippen molar-refractivity contribution in [3.8, 4) is 5.75 Å². The Morgan fingerprint density at radius 1 is 0.944 bits per heavy atom. The normalized spacial score (nSPS) is 12.9. The van der Waals surface area contributed by atoms with Gasteiger partial charge in [-0.05, 0) is 53.4 Å². The molecule has 3 aromatic rings. The minimum absolute atomic E-state index is 0. The van der Waals surface area contributed by atoms with E-state index in [1.54, 1.807) is 49.4 Å². The molecule has 0 atom stereocenters. The maximum Gasteiger partial charge on any atom is 1.00 e. The van der Waals surface area contributed by atoms with E-state index in [-0.39, 0.29) is 71.8 Å². The van der Waals surface area contributed by atoms with Gasteiger partial charge in [0.2, 0.25) is 10.0 Å². The Kier molecular flexibility index (Phi) is 11.3. The topological polar surface area (TPSA) is 128 Å². The van der Waals surface area contributed by atoms with Gasteiger partial charge in [-0.15, -0.1) is 0 Å². The van der Waals surface area contributed by atoms with E-state index >= 15 is 0 Å². The molecule has 182 valence electrons. The van der Waals surface area contributed by atoms with Crippen LogP contribution in [0.4, 0.5) is 5.69 Å². The van der Waals surface area contributed by atoms with Gasteiger partial charge in [-0.2, -0.15) is 0 Å². The molecule has 4 rings (SSSR count). The van der Waals surface area contributed by atoms with Crippen molar-refractivity contribution in [1.82, 2.24) is 5.32 Å².